The van der Waals surface area contributed by atoms with Crippen LogP contribution in [-0.4, -0.2) is 0 Å². The molecule has 2 aromatic rings. The lowest BCUT2D eigenvalue weighted by Crippen LogP contribution is -2.09. The van der Waals surface area contributed by atoms with Gasteiger partial charge in [-0.1, -0.05) is 30.9 Å². The summed E-state index contributed by atoms with van der Waals surface area (Å²) in [4.78, 5) is 0.923. The molecule has 0 nitrogen and oxygen atoms in total. The zero-order valence-electron chi connectivity index (χ0n) is 9.50. The standard InChI is InChI=1S/C14H11F3S/c1-2-13-11(7-8-18-13)9-10-5-3-4-6-12(10)14(15,16)17/h2-8H,1,9H2. The Morgan fingerprint density at radius 2 is 1.83 bits per heavy atom. The Hall–Kier alpha value is -1.55. The summed E-state index contributed by atoms with van der Waals surface area (Å²) in [7, 11) is 0. The van der Waals surface area contributed by atoms with Gasteiger partial charge in [-0.3, -0.25) is 0 Å². The van der Waals surface area contributed by atoms with Crippen LogP contribution in [0.1, 0.15) is 21.6 Å². The minimum Gasteiger partial charge on any atom is -0.166 e. The first kappa shape index (κ1) is 12.9. The molecule has 0 amide bonds. The van der Waals surface area contributed by atoms with Crippen molar-refractivity contribution in [1.82, 2.24) is 0 Å². The number of thiophene rings is 1. The highest BCUT2D eigenvalue weighted by Gasteiger charge is 2.32. The SMILES string of the molecule is C=Cc1sccc1Cc1ccccc1C(F)(F)F. The zero-order valence-corrected chi connectivity index (χ0v) is 10.3. The van der Waals surface area contributed by atoms with Crippen LogP contribution in [0.5, 0.6) is 0 Å². The molecule has 1 aromatic carbocycles. The van der Waals surface area contributed by atoms with Gasteiger partial charge in [0.2, 0.25) is 0 Å². The maximum atomic E-state index is 12.8. The number of halogens is 3. The van der Waals surface area contributed by atoms with Gasteiger partial charge in [-0.25, -0.2) is 0 Å². The van der Waals surface area contributed by atoms with Gasteiger partial charge in [0.1, 0.15) is 0 Å². The molecule has 0 aliphatic heterocycles. The van der Waals surface area contributed by atoms with Gasteiger partial charge in [-0.15, -0.1) is 11.3 Å². The molecule has 0 aliphatic rings. The second kappa shape index (κ2) is 4.98. The lowest BCUT2D eigenvalue weighted by Gasteiger charge is -2.12. The molecule has 18 heavy (non-hydrogen) atoms. The van der Waals surface area contributed by atoms with Crippen molar-refractivity contribution in [3.8, 4) is 0 Å². The summed E-state index contributed by atoms with van der Waals surface area (Å²) >= 11 is 1.48. The summed E-state index contributed by atoms with van der Waals surface area (Å²) in [5, 5.41) is 1.86. The second-order valence-electron chi connectivity index (χ2n) is 3.85. The quantitative estimate of drug-likeness (QED) is 0.734. The maximum Gasteiger partial charge on any atom is 0.416 e. The smallest absolute Gasteiger partial charge is 0.166 e. The van der Waals surface area contributed by atoms with Crippen LogP contribution in [0.25, 0.3) is 6.08 Å². The molecule has 1 aromatic heterocycles. The molecule has 0 bridgehead atoms. The van der Waals surface area contributed by atoms with Crippen molar-refractivity contribution in [2.75, 3.05) is 0 Å². The molecule has 0 saturated carbocycles. The fourth-order valence-electron chi connectivity index (χ4n) is 1.83. The highest BCUT2D eigenvalue weighted by atomic mass is 32.1. The summed E-state index contributed by atoms with van der Waals surface area (Å²) in [5.74, 6) is 0. The Bertz CT molecular complexity index is 552. The minimum atomic E-state index is -4.30. The molecule has 0 unspecified atom stereocenters. The van der Waals surface area contributed by atoms with Gasteiger partial charge in [0.25, 0.3) is 0 Å². The molecule has 0 fully saturated rings. The Labute approximate surface area is 107 Å². The Balaban J connectivity index is 2.38. The summed E-state index contributed by atoms with van der Waals surface area (Å²) in [6, 6.07) is 7.52. The zero-order chi connectivity index (χ0) is 13.2. The molecule has 94 valence electrons. The number of benzene rings is 1. The van der Waals surface area contributed by atoms with E-state index in [0.717, 1.165) is 16.5 Å². The third-order valence-electron chi connectivity index (χ3n) is 2.67. The maximum absolute atomic E-state index is 12.8. The van der Waals surface area contributed by atoms with E-state index in [-0.39, 0.29) is 6.42 Å². The van der Waals surface area contributed by atoms with Crippen molar-refractivity contribution < 1.29 is 13.2 Å². The molecular weight excluding hydrogens is 257 g/mol. The summed E-state index contributed by atoms with van der Waals surface area (Å²) in [5.41, 5.74) is 0.615. The first-order chi connectivity index (χ1) is 8.52. The third kappa shape index (κ3) is 2.64. The van der Waals surface area contributed by atoms with Gasteiger partial charge in [-0.2, -0.15) is 13.2 Å². The van der Waals surface area contributed by atoms with Gasteiger partial charge in [0.15, 0.2) is 0 Å². The topological polar surface area (TPSA) is 0 Å². The predicted molar refractivity (Wildman–Crippen MR) is 68.7 cm³/mol. The molecule has 4 heteroatoms. The highest BCUT2D eigenvalue weighted by Crippen LogP contribution is 2.33. The van der Waals surface area contributed by atoms with Crippen LogP contribution in [0.15, 0.2) is 42.3 Å². The van der Waals surface area contributed by atoms with Gasteiger partial charge >= 0.3 is 6.18 Å². The Kier molecular flexibility index (Phi) is 3.57. The molecule has 0 spiro atoms. The average molecular weight is 268 g/mol. The predicted octanol–water partition coefficient (Wildman–Crippen LogP) is 5.00. The van der Waals surface area contributed by atoms with Gasteiger partial charge in [-0.05, 0) is 35.1 Å². The van der Waals surface area contributed by atoms with Crippen LogP contribution in [0.4, 0.5) is 13.2 Å². The number of hydrogen-bond donors (Lipinski definition) is 0. The molecule has 0 aliphatic carbocycles. The normalized spacial score (nSPS) is 11.5. The molecule has 2 rings (SSSR count). The fraction of sp³-hybridized carbons (Fsp3) is 0.143. The van der Waals surface area contributed by atoms with Crippen LogP contribution >= 0.6 is 11.3 Å². The van der Waals surface area contributed by atoms with Crippen LogP contribution in [0, 0.1) is 0 Å². The number of hydrogen-bond acceptors (Lipinski definition) is 1. The van der Waals surface area contributed by atoms with E-state index < -0.39 is 11.7 Å². The van der Waals surface area contributed by atoms with Gasteiger partial charge < -0.3 is 0 Å². The monoisotopic (exact) mass is 268 g/mol. The first-order valence-electron chi connectivity index (χ1n) is 5.36. The molecular formula is C14H11F3S. The van der Waals surface area contributed by atoms with E-state index in [2.05, 4.69) is 6.58 Å². The van der Waals surface area contributed by atoms with Crippen molar-refractivity contribution in [2.24, 2.45) is 0 Å². The summed E-state index contributed by atoms with van der Waals surface area (Å²) in [6.07, 6.45) is -2.35. The lowest BCUT2D eigenvalue weighted by atomic mass is 10.00. The fourth-order valence-corrected chi connectivity index (χ4v) is 2.60. The van der Waals surface area contributed by atoms with E-state index in [4.69, 9.17) is 0 Å². The van der Waals surface area contributed by atoms with Crippen LogP contribution < -0.4 is 0 Å². The van der Waals surface area contributed by atoms with Crippen molar-refractivity contribution in [3.05, 3.63) is 63.9 Å². The van der Waals surface area contributed by atoms with Crippen LogP contribution in [0.3, 0.4) is 0 Å². The lowest BCUT2D eigenvalue weighted by molar-refractivity contribution is -0.138. The van der Waals surface area contributed by atoms with Crippen LogP contribution in [0.2, 0.25) is 0 Å². The molecule has 0 radical (unpaired) electrons. The van der Waals surface area contributed by atoms with E-state index in [0.29, 0.717) is 5.56 Å². The largest absolute Gasteiger partial charge is 0.416 e. The highest BCUT2D eigenvalue weighted by molar-refractivity contribution is 7.11. The van der Waals surface area contributed by atoms with Gasteiger partial charge in [0.05, 0.1) is 5.56 Å². The molecule has 0 saturated heterocycles. The van der Waals surface area contributed by atoms with Crippen molar-refractivity contribution in [1.29, 1.82) is 0 Å². The van der Waals surface area contributed by atoms with Crippen molar-refractivity contribution in [2.45, 2.75) is 12.6 Å². The number of alkyl halides is 3. The molecule has 0 atom stereocenters. The Morgan fingerprint density at radius 3 is 2.50 bits per heavy atom. The Morgan fingerprint density at radius 1 is 1.11 bits per heavy atom. The van der Waals surface area contributed by atoms with E-state index in [9.17, 15) is 13.2 Å². The summed E-state index contributed by atoms with van der Waals surface area (Å²) < 4.78 is 38.5. The molecule has 1 heterocycles. The molecule has 0 N–H and O–H groups in total. The van der Waals surface area contributed by atoms with E-state index in [1.54, 1.807) is 12.1 Å². The van der Waals surface area contributed by atoms with Gasteiger partial charge in [0, 0.05) is 4.88 Å². The van der Waals surface area contributed by atoms with E-state index in [1.165, 1.54) is 23.5 Å². The average Bonchev–Trinajstić information content (AvgIpc) is 2.75. The third-order valence-corrected chi connectivity index (χ3v) is 3.62. The number of rotatable bonds is 3. The summed E-state index contributed by atoms with van der Waals surface area (Å²) in [6.45, 7) is 3.66. The second-order valence-corrected chi connectivity index (χ2v) is 4.79. The minimum absolute atomic E-state index is 0.278. The van der Waals surface area contributed by atoms with E-state index in [1.807, 2.05) is 11.4 Å². The van der Waals surface area contributed by atoms with Crippen LogP contribution in [-0.2, 0) is 12.6 Å². The first-order valence-corrected chi connectivity index (χ1v) is 6.24. The van der Waals surface area contributed by atoms with E-state index >= 15 is 0 Å². The van der Waals surface area contributed by atoms with Crippen molar-refractivity contribution >= 4 is 17.4 Å². The van der Waals surface area contributed by atoms with Crippen molar-refractivity contribution in [3.63, 3.8) is 0 Å².